The van der Waals surface area contributed by atoms with E-state index in [1.807, 2.05) is 13.8 Å². The van der Waals surface area contributed by atoms with E-state index >= 15 is 0 Å². The maximum Gasteiger partial charge on any atom is 0.220 e. The van der Waals surface area contributed by atoms with Crippen LogP contribution in [0.3, 0.4) is 0 Å². The van der Waals surface area contributed by atoms with Gasteiger partial charge in [-0.15, -0.1) is 0 Å². The number of aryl methyl sites for hydroxylation is 2. The van der Waals surface area contributed by atoms with Crippen LogP contribution in [-0.2, 0) is 11.2 Å². The zero-order valence-corrected chi connectivity index (χ0v) is 11.3. The van der Waals surface area contributed by atoms with Gasteiger partial charge in [-0.05, 0) is 26.7 Å². The Labute approximate surface area is 111 Å². The van der Waals surface area contributed by atoms with Crippen molar-refractivity contribution in [1.82, 2.24) is 15.8 Å². The fraction of sp³-hybridized carbons (Fsp3) is 0.692. The van der Waals surface area contributed by atoms with Crippen molar-refractivity contribution in [2.24, 2.45) is 0 Å². The number of nitrogens with one attached hydrogen (secondary N) is 2. The van der Waals surface area contributed by atoms with Gasteiger partial charge in [0.15, 0.2) is 0 Å². The van der Waals surface area contributed by atoms with Gasteiger partial charge in [0.1, 0.15) is 11.9 Å². The summed E-state index contributed by atoms with van der Waals surface area (Å²) in [6.45, 7) is 4.59. The molecule has 106 valence electrons. The van der Waals surface area contributed by atoms with Gasteiger partial charge in [0, 0.05) is 31.1 Å². The molecular weight excluding hydrogens is 249 g/mol. The molecule has 19 heavy (non-hydrogen) atoms. The number of carbonyl (C=O) groups is 1. The SMILES string of the molecule is Cc1noc(C)c1CCC(=O)NC[C@@H]1C[C@H](F)CN1. The Hall–Kier alpha value is -1.43. The zero-order valence-electron chi connectivity index (χ0n) is 11.3. The Bertz CT molecular complexity index is 428. The lowest BCUT2D eigenvalue weighted by Gasteiger charge is -2.11. The second-order valence-corrected chi connectivity index (χ2v) is 5.04. The maximum atomic E-state index is 12.9. The van der Waals surface area contributed by atoms with Gasteiger partial charge in [-0.3, -0.25) is 4.79 Å². The van der Waals surface area contributed by atoms with Crippen LogP contribution in [0.15, 0.2) is 4.52 Å². The number of hydrogen-bond acceptors (Lipinski definition) is 4. The van der Waals surface area contributed by atoms with E-state index in [0.717, 1.165) is 17.0 Å². The van der Waals surface area contributed by atoms with Gasteiger partial charge < -0.3 is 15.2 Å². The van der Waals surface area contributed by atoms with E-state index in [4.69, 9.17) is 4.52 Å². The molecule has 2 heterocycles. The molecule has 0 unspecified atom stereocenters. The van der Waals surface area contributed by atoms with Gasteiger partial charge in [0.25, 0.3) is 0 Å². The van der Waals surface area contributed by atoms with Crippen LogP contribution >= 0.6 is 0 Å². The van der Waals surface area contributed by atoms with Crippen molar-refractivity contribution < 1.29 is 13.7 Å². The first-order valence-electron chi connectivity index (χ1n) is 6.62. The Morgan fingerprint density at radius 3 is 2.95 bits per heavy atom. The predicted molar refractivity (Wildman–Crippen MR) is 68.6 cm³/mol. The summed E-state index contributed by atoms with van der Waals surface area (Å²) in [5.74, 6) is 0.743. The summed E-state index contributed by atoms with van der Waals surface area (Å²) in [6, 6.07) is 0.0537. The minimum Gasteiger partial charge on any atom is -0.361 e. The molecular formula is C13H20FN3O2. The highest BCUT2D eigenvalue weighted by molar-refractivity contribution is 5.76. The average molecular weight is 269 g/mol. The van der Waals surface area contributed by atoms with Crippen LogP contribution in [0.2, 0.25) is 0 Å². The van der Waals surface area contributed by atoms with E-state index < -0.39 is 6.17 Å². The van der Waals surface area contributed by atoms with Gasteiger partial charge in [0.05, 0.1) is 5.69 Å². The summed E-state index contributed by atoms with van der Waals surface area (Å²) < 4.78 is 18.0. The molecule has 1 aliphatic heterocycles. The molecule has 2 atom stereocenters. The number of halogens is 1. The van der Waals surface area contributed by atoms with Crippen LogP contribution < -0.4 is 10.6 Å². The fourth-order valence-corrected chi connectivity index (χ4v) is 2.35. The molecule has 1 saturated heterocycles. The van der Waals surface area contributed by atoms with E-state index in [2.05, 4.69) is 15.8 Å². The molecule has 5 nitrogen and oxygen atoms in total. The van der Waals surface area contributed by atoms with Crippen molar-refractivity contribution in [2.75, 3.05) is 13.1 Å². The number of alkyl halides is 1. The molecule has 0 aromatic carbocycles. The molecule has 1 fully saturated rings. The average Bonchev–Trinajstić information content (AvgIpc) is 2.92. The normalized spacial score (nSPS) is 22.7. The van der Waals surface area contributed by atoms with Crippen LogP contribution in [0.1, 0.15) is 29.9 Å². The number of carbonyl (C=O) groups excluding carboxylic acids is 1. The molecule has 0 radical (unpaired) electrons. The fourth-order valence-electron chi connectivity index (χ4n) is 2.35. The first-order chi connectivity index (χ1) is 9.06. The first-order valence-corrected chi connectivity index (χ1v) is 6.62. The molecule has 2 rings (SSSR count). The lowest BCUT2D eigenvalue weighted by molar-refractivity contribution is -0.121. The van der Waals surface area contributed by atoms with Crippen LogP contribution in [0.25, 0.3) is 0 Å². The lowest BCUT2D eigenvalue weighted by Crippen LogP contribution is -2.37. The molecule has 0 bridgehead atoms. The number of nitrogens with zero attached hydrogens (tertiary/aromatic N) is 1. The van der Waals surface area contributed by atoms with Crippen LogP contribution in [-0.4, -0.2) is 36.4 Å². The summed E-state index contributed by atoms with van der Waals surface area (Å²) in [5.41, 5.74) is 1.83. The molecule has 0 saturated carbocycles. The third-order valence-electron chi connectivity index (χ3n) is 3.50. The van der Waals surface area contributed by atoms with E-state index in [9.17, 15) is 9.18 Å². The lowest BCUT2D eigenvalue weighted by atomic mass is 10.1. The van der Waals surface area contributed by atoms with Gasteiger partial charge in [0.2, 0.25) is 5.91 Å². The minimum atomic E-state index is -0.788. The molecule has 2 N–H and O–H groups in total. The largest absolute Gasteiger partial charge is 0.361 e. The number of aromatic nitrogens is 1. The highest BCUT2D eigenvalue weighted by Crippen LogP contribution is 2.14. The molecule has 1 amide bonds. The molecule has 1 aromatic rings. The van der Waals surface area contributed by atoms with Crippen molar-refractivity contribution in [3.05, 3.63) is 17.0 Å². The summed E-state index contributed by atoms with van der Waals surface area (Å²) >= 11 is 0. The zero-order chi connectivity index (χ0) is 13.8. The van der Waals surface area contributed by atoms with Crippen LogP contribution in [0, 0.1) is 13.8 Å². The predicted octanol–water partition coefficient (Wildman–Crippen LogP) is 1.04. The first kappa shape index (κ1) is 14.0. The van der Waals surface area contributed by atoms with Crippen molar-refractivity contribution >= 4 is 5.91 Å². The smallest absolute Gasteiger partial charge is 0.220 e. The second kappa shape index (κ2) is 6.14. The third-order valence-corrected chi connectivity index (χ3v) is 3.50. The molecule has 6 heteroatoms. The topological polar surface area (TPSA) is 67.2 Å². The summed E-state index contributed by atoms with van der Waals surface area (Å²) in [6.07, 6.45) is 0.708. The molecule has 1 aromatic heterocycles. The Morgan fingerprint density at radius 1 is 1.58 bits per heavy atom. The maximum absolute atomic E-state index is 12.9. The van der Waals surface area contributed by atoms with Crippen molar-refractivity contribution in [2.45, 2.75) is 45.3 Å². The number of rotatable bonds is 5. The van der Waals surface area contributed by atoms with Gasteiger partial charge >= 0.3 is 0 Å². The van der Waals surface area contributed by atoms with Crippen molar-refractivity contribution in [1.29, 1.82) is 0 Å². The second-order valence-electron chi connectivity index (χ2n) is 5.04. The Morgan fingerprint density at radius 2 is 2.37 bits per heavy atom. The van der Waals surface area contributed by atoms with E-state index in [1.54, 1.807) is 0 Å². The van der Waals surface area contributed by atoms with Gasteiger partial charge in [-0.1, -0.05) is 5.16 Å². The highest BCUT2D eigenvalue weighted by Gasteiger charge is 2.23. The summed E-state index contributed by atoms with van der Waals surface area (Å²) in [7, 11) is 0. The molecule has 0 spiro atoms. The quantitative estimate of drug-likeness (QED) is 0.838. The minimum absolute atomic E-state index is 0.0240. The third kappa shape index (κ3) is 3.76. The van der Waals surface area contributed by atoms with E-state index in [-0.39, 0.29) is 11.9 Å². The summed E-state index contributed by atoms with van der Waals surface area (Å²) in [4.78, 5) is 11.7. The van der Waals surface area contributed by atoms with Crippen LogP contribution in [0.4, 0.5) is 4.39 Å². The molecule has 1 aliphatic rings. The number of hydrogen-bond donors (Lipinski definition) is 2. The van der Waals surface area contributed by atoms with Gasteiger partial charge in [-0.25, -0.2) is 4.39 Å². The van der Waals surface area contributed by atoms with E-state index in [0.29, 0.717) is 32.4 Å². The monoisotopic (exact) mass is 269 g/mol. The van der Waals surface area contributed by atoms with Crippen molar-refractivity contribution in [3.63, 3.8) is 0 Å². The Balaban J connectivity index is 1.70. The highest BCUT2D eigenvalue weighted by atomic mass is 19.1. The standard InChI is InChI=1S/C13H20FN3O2/c1-8-12(9(2)19-17-8)3-4-13(18)16-7-11-5-10(14)6-15-11/h10-11,15H,3-7H2,1-2H3,(H,16,18)/t10-,11-/m0/s1. The van der Waals surface area contributed by atoms with E-state index in [1.165, 1.54) is 0 Å². The molecule has 0 aliphatic carbocycles. The summed E-state index contributed by atoms with van der Waals surface area (Å²) in [5, 5.41) is 9.72. The van der Waals surface area contributed by atoms with Crippen LogP contribution in [0.5, 0.6) is 0 Å². The van der Waals surface area contributed by atoms with Crippen molar-refractivity contribution in [3.8, 4) is 0 Å². The van der Waals surface area contributed by atoms with Gasteiger partial charge in [-0.2, -0.15) is 0 Å². The number of amides is 1. The Kier molecular flexibility index (Phi) is 4.52.